The number of hydrogen-bond acceptors (Lipinski definition) is 6. The fourth-order valence-corrected chi connectivity index (χ4v) is 3.78. The minimum absolute atomic E-state index is 0.116. The highest BCUT2D eigenvalue weighted by Crippen LogP contribution is 2.34. The molecule has 1 aromatic carbocycles. The Bertz CT molecular complexity index is 995. The van der Waals surface area contributed by atoms with E-state index in [1.165, 1.54) is 0 Å². The van der Waals surface area contributed by atoms with E-state index in [2.05, 4.69) is 15.3 Å². The molecule has 0 saturated heterocycles. The minimum Gasteiger partial charge on any atom is -0.440 e. The van der Waals surface area contributed by atoms with Crippen molar-refractivity contribution in [1.29, 1.82) is 0 Å². The Hall–Kier alpha value is -2.48. The van der Waals surface area contributed by atoms with Gasteiger partial charge < -0.3 is 21.2 Å². The number of pyridine rings is 1. The van der Waals surface area contributed by atoms with Gasteiger partial charge in [-0.05, 0) is 56.0 Å². The Morgan fingerprint density at radius 1 is 1.18 bits per heavy atom. The molecule has 3 aromatic rings. The van der Waals surface area contributed by atoms with Crippen LogP contribution in [0.15, 0.2) is 40.9 Å². The molecule has 0 aliphatic heterocycles. The Kier molecular flexibility index (Phi) is 5.30. The van der Waals surface area contributed by atoms with Crippen molar-refractivity contribution in [3.63, 3.8) is 0 Å². The summed E-state index contributed by atoms with van der Waals surface area (Å²) in [6, 6.07) is 8.87. The van der Waals surface area contributed by atoms with E-state index in [0.29, 0.717) is 16.3 Å². The number of rotatable bonds is 4. The minimum atomic E-state index is -0.700. The van der Waals surface area contributed by atoms with E-state index in [1.807, 2.05) is 12.1 Å². The van der Waals surface area contributed by atoms with Crippen LogP contribution in [-0.4, -0.2) is 21.9 Å². The molecule has 146 valence electrons. The van der Waals surface area contributed by atoms with Gasteiger partial charge in [-0.3, -0.25) is 9.78 Å². The van der Waals surface area contributed by atoms with Crippen molar-refractivity contribution in [1.82, 2.24) is 15.3 Å². The number of nitrogens with two attached hydrogens (primary N) is 2. The van der Waals surface area contributed by atoms with E-state index in [1.54, 1.807) is 24.4 Å². The zero-order valence-electron chi connectivity index (χ0n) is 15.3. The predicted molar refractivity (Wildman–Crippen MR) is 107 cm³/mol. The average Bonchev–Trinajstić information content (AvgIpc) is 3.11. The standard InChI is InChI=1S/C20H22ClN5O2/c21-13-3-6-17-15(10-13)26-20(28-17)11-1-4-14(5-2-11)25-19(27)12-7-8-24-16(9-12)18(22)23/h3,6-11,14,18H,1-2,4-5,22-23H2,(H,25,27). The van der Waals surface area contributed by atoms with Gasteiger partial charge in [0.05, 0.1) is 11.9 Å². The van der Waals surface area contributed by atoms with E-state index < -0.39 is 6.17 Å². The maximum atomic E-state index is 12.5. The van der Waals surface area contributed by atoms with Gasteiger partial charge in [-0.2, -0.15) is 0 Å². The van der Waals surface area contributed by atoms with Gasteiger partial charge >= 0.3 is 0 Å². The number of fused-ring (bicyclic) bond motifs is 1. The van der Waals surface area contributed by atoms with Crippen molar-refractivity contribution in [3.05, 3.63) is 58.7 Å². The second-order valence-corrected chi connectivity index (χ2v) is 7.62. The lowest BCUT2D eigenvalue weighted by molar-refractivity contribution is 0.0924. The van der Waals surface area contributed by atoms with Gasteiger partial charge in [0.2, 0.25) is 0 Å². The van der Waals surface area contributed by atoms with Crippen LogP contribution >= 0.6 is 11.6 Å². The number of oxazole rings is 1. The van der Waals surface area contributed by atoms with Crippen LogP contribution in [0.4, 0.5) is 0 Å². The van der Waals surface area contributed by atoms with Crippen molar-refractivity contribution in [3.8, 4) is 0 Å². The van der Waals surface area contributed by atoms with Crippen LogP contribution in [0.3, 0.4) is 0 Å². The highest BCUT2D eigenvalue weighted by Gasteiger charge is 2.27. The number of benzene rings is 1. The summed E-state index contributed by atoms with van der Waals surface area (Å²) in [6.07, 6.45) is 4.39. The van der Waals surface area contributed by atoms with Crippen LogP contribution in [0.1, 0.15) is 59.7 Å². The monoisotopic (exact) mass is 399 g/mol. The van der Waals surface area contributed by atoms with Crippen LogP contribution < -0.4 is 16.8 Å². The van der Waals surface area contributed by atoms with Crippen molar-refractivity contribution < 1.29 is 9.21 Å². The second-order valence-electron chi connectivity index (χ2n) is 7.18. The molecule has 28 heavy (non-hydrogen) atoms. The zero-order valence-corrected chi connectivity index (χ0v) is 16.0. The molecule has 1 saturated carbocycles. The topological polar surface area (TPSA) is 120 Å². The predicted octanol–water partition coefficient (Wildman–Crippen LogP) is 3.25. The highest BCUT2D eigenvalue weighted by atomic mass is 35.5. The smallest absolute Gasteiger partial charge is 0.251 e. The molecular formula is C20H22ClN5O2. The van der Waals surface area contributed by atoms with Crippen molar-refractivity contribution in [2.45, 2.75) is 43.8 Å². The summed E-state index contributed by atoms with van der Waals surface area (Å²) in [7, 11) is 0. The van der Waals surface area contributed by atoms with Gasteiger partial charge in [-0.15, -0.1) is 0 Å². The molecule has 0 radical (unpaired) electrons. The third-order valence-electron chi connectivity index (χ3n) is 5.16. The molecule has 2 aromatic heterocycles. The molecule has 1 amide bonds. The Morgan fingerprint density at radius 3 is 2.71 bits per heavy atom. The van der Waals surface area contributed by atoms with Crippen molar-refractivity contribution in [2.75, 3.05) is 0 Å². The summed E-state index contributed by atoms with van der Waals surface area (Å²) in [5.74, 6) is 0.865. The molecule has 1 aliphatic carbocycles. The SMILES string of the molecule is NC(N)c1cc(C(=O)NC2CCC(c3nc4cc(Cl)ccc4o3)CC2)ccn1. The van der Waals surface area contributed by atoms with Gasteiger partial charge in [0.1, 0.15) is 5.52 Å². The lowest BCUT2D eigenvalue weighted by Gasteiger charge is -2.27. The molecular weight excluding hydrogens is 378 g/mol. The van der Waals surface area contributed by atoms with Crippen LogP contribution in [-0.2, 0) is 0 Å². The first-order valence-corrected chi connectivity index (χ1v) is 9.71. The quantitative estimate of drug-likeness (QED) is 0.579. The fraction of sp³-hybridized carbons (Fsp3) is 0.350. The molecule has 1 fully saturated rings. The highest BCUT2D eigenvalue weighted by molar-refractivity contribution is 6.31. The summed E-state index contributed by atoms with van der Waals surface area (Å²) in [6.45, 7) is 0. The number of nitrogens with zero attached hydrogens (tertiary/aromatic N) is 2. The molecule has 2 heterocycles. The van der Waals surface area contributed by atoms with Crippen LogP contribution in [0.2, 0.25) is 5.02 Å². The summed E-state index contributed by atoms with van der Waals surface area (Å²) in [5, 5.41) is 3.74. The molecule has 1 aliphatic rings. The molecule has 4 rings (SSSR count). The van der Waals surface area contributed by atoms with E-state index in [-0.39, 0.29) is 17.9 Å². The van der Waals surface area contributed by atoms with Gasteiger partial charge in [0, 0.05) is 28.7 Å². The molecule has 0 unspecified atom stereocenters. The van der Waals surface area contributed by atoms with Gasteiger partial charge in [0.15, 0.2) is 11.5 Å². The first kappa shape index (κ1) is 18.9. The van der Waals surface area contributed by atoms with Gasteiger partial charge in [-0.1, -0.05) is 11.6 Å². The van der Waals surface area contributed by atoms with Gasteiger partial charge in [0.25, 0.3) is 5.91 Å². The third-order valence-corrected chi connectivity index (χ3v) is 5.40. The summed E-state index contributed by atoms with van der Waals surface area (Å²) in [4.78, 5) is 21.2. The van der Waals surface area contributed by atoms with Crippen molar-refractivity contribution >= 4 is 28.6 Å². The van der Waals surface area contributed by atoms with Gasteiger partial charge in [-0.25, -0.2) is 4.98 Å². The molecule has 8 heteroatoms. The molecule has 7 nitrogen and oxygen atoms in total. The van der Waals surface area contributed by atoms with E-state index in [4.69, 9.17) is 27.5 Å². The van der Waals surface area contributed by atoms with Crippen LogP contribution in [0, 0.1) is 0 Å². The second kappa shape index (κ2) is 7.87. The number of aromatic nitrogens is 2. The van der Waals surface area contributed by atoms with Crippen LogP contribution in [0.5, 0.6) is 0 Å². The summed E-state index contributed by atoms with van der Waals surface area (Å²) < 4.78 is 5.90. The van der Waals surface area contributed by atoms with Crippen molar-refractivity contribution in [2.24, 2.45) is 11.5 Å². The largest absolute Gasteiger partial charge is 0.440 e. The van der Waals surface area contributed by atoms with Crippen LogP contribution in [0.25, 0.3) is 11.1 Å². The first-order chi connectivity index (χ1) is 13.5. The maximum absolute atomic E-state index is 12.5. The lowest BCUT2D eigenvalue weighted by Crippen LogP contribution is -2.37. The zero-order chi connectivity index (χ0) is 19.7. The number of nitrogens with one attached hydrogen (secondary N) is 1. The Balaban J connectivity index is 1.37. The number of hydrogen-bond donors (Lipinski definition) is 3. The first-order valence-electron chi connectivity index (χ1n) is 9.33. The third kappa shape index (κ3) is 4.01. The van der Waals surface area contributed by atoms with E-state index >= 15 is 0 Å². The summed E-state index contributed by atoms with van der Waals surface area (Å²) >= 11 is 6.02. The van der Waals surface area contributed by atoms with E-state index in [9.17, 15) is 4.79 Å². The fourth-order valence-electron chi connectivity index (χ4n) is 3.62. The number of halogens is 1. The maximum Gasteiger partial charge on any atom is 0.251 e. The van der Waals surface area contributed by atoms with E-state index in [0.717, 1.165) is 42.7 Å². The molecule has 0 bridgehead atoms. The lowest BCUT2D eigenvalue weighted by atomic mass is 9.86. The Labute approximate surface area is 167 Å². The number of carbonyl (C=O) groups is 1. The number of amides is 1. The normalized spacial score (nSPS) is 19.9. The molecule has 0 spiro atoms. The number of carbonyl (C=O) groups excluding carboxylic acids is 1. The molecule has 5 N–H and O–H groups in total. The molecule has 0 atom stereocenters. The average molecular weight is 400 g/mol. The Morgan fingerprint density at radius 2 is 1.96 bits per heavy atom. The summed E-state index contributed by atoms with van der Waals surface area (Å²) in [5.41, 5.74) is 13.8.